The Balaban J connectivity index is -0.000000405. The summed E-state index contributed by atoms with van der Waals surface area (Å²) in [5.74, 6) is -0.782. The van der Waals surface area contributed by atoms with Crippen molar-refractivity contribution in [1.82, 2.24) is 0 Å². The zero-order valence-electron chi connectivity index (χ0n) is 8.00. The van der Waals surface area contributed by atoms with E-state index in [1.54, 1.807) is 13.8 Å². The van der Waals surface area contributed by atoms with Crippen LogP contribution in [0.1, 0.15) is 15.3 Å². The number of esters is 1. The van der Waals surface area contributed by atoms with Crippen LogP contribution in [-0.2, 0) is 9.53 Å². The van der Waals surface area contributed by atoms with Crippen LogP contribution in [-0.4, -0.2) is 29.2 Å². The Hall–Kier alpha value is 0.720. The molecule has 0 aromatic carbocycles. The van der Waals surface area contributed by atoms with E-state index in [1.807, 2.05) is 0 Å². The Morgan fingerprint density at radius 2 is 2.18 bits per heavy atom. The molecule has 0 saturated heterocycles. The number of rotatable bonds is 3. The Morgan fingerprint density at radius 1 is 1.73 bits per heavy atom. The smallest absolute Gasteiger partial charge is 1.00 e. The predicted molar refractivity (Wildman–Crippen MR) is 39.1 cm³/mol. The van der Waals surface area contributed by atoms with Crippen LogP contribution in [0.4, 0.5) is 0 Å². The van der Waals surface area contributed by atoms with E-state index < -0.39 is 12.1 Å². The average molecular weight is 191 g/mol. The van der Waals surface area contributed by atoms with E-state index in [0.717, 1.165) is 0 Å². The van der Waals surface area contributed by atoms with E-state index in [4.69, 9.17) is 16.7 Å². The van der Waals surface area contributed by atoms with Crippen molar-refractivity contribution in [3.8, 4) is 0 Å². The second-order valence-corrected chi connectivity index (χ2v) is 2.46. The molecule has 5 heteroatoms. The van der Waals surface area contributed by atoms with E-state index in [1.165, 1.54) is 0 Å². The Morgan fingerprint density at radius 3 is 2.45 bits per heavy atom. The summed E-state index contributed by atoms with van der Waals surface area (Å²) in [7, 11) is 0. The molecule has 1 atom stereocenters. The van der Waals surface area contributed by atoms with Gasteiger partial charge in [0.25, 0.3) is 0 Å². The van der Waals surface area contributed by atoms with Crippen molar-refractivity contribution in [2.45, 2.75) is 26.1 Å². The van der Waals surface area contributed by atoms with E-state index >= 15 is 0 Å². The molecule has 62 valence electrons. The third-order valence-electron chi connectivity index (χ3n) is 0.770. The van der Waals surface area contributed by atoms with Crippen LogP contribution in [0.5, 0.6) is 0 Å². The standard InChI is InChI=1S/C6H11ClO3.Na.H/c1-4(2)10-6(9)5(8)3-7;;/h4-5,8H,3H2,1-2H3;;/q;+1;-1. The molecule has 0 saturated carbocycles. The fraction of sp³-hybridized carbons (Fsp3) is 0.833. The maximum absolute atomic E-state index is 10.6. The summed E-state index contributed by atoms with van der Waals surface area (Å²) in [5, 5.41) is 8.77. The summed E-state index contributed by atoms with van der Waals surface area (Å²) in [4.78, 5) is 10.6. The molecule has 0 rings (SSSR count). The topological polar surface area (TPSA) is 46.5 Å². The van der Waals surface area contributed by atoms with Gasteiger partial charge in [0.15, 0.2) is 6.10 Å². The van der Waals surface area contributed by atoms with Crippen LogP contribution < -0.4 is 29.6 Å². The van der Waals surface area contributed by atoms with Crippen molar-refractivity contribution in [3.63, 3.8) is 0 Å². The summed E-state index contributed by atoms with van der Waals surface area (Å²) >= 11 is 5.18. The number of aliphatic hydroxyl groups is 1. The fourth-order valence-electron chi connectivity index (χ4n) is 0.374. The Bertz CT molecular complexity index is 123. The van der Waals surface area contributed by atoms with Crippen molar-refractivity contribution in [2.75, 3.05) is 5.88 Å². The molecule has 0 amide bonds. The normalized spacial score (nSPS) is 12.1. The minimum atomic E-state index is -1.19. The van der Waals surface area contributed by atoms with Gasteiger partial charge in [0.1, 0.15) is 0 Å². The number of alkyl halides is 1. The molecule has 1 unspecified atom stereocenters. The monoisotopic (exact) mass is 190 g/mol. The first-order valence-electron chi connectivity index (χ1n) is 3.02. The zero-order valence-corrected chi connectivity index (χ0v) is 9.76. The first kappa shape index (κ1) is 14.3. The number of hydrogen-bond donors (Lipinski definition) is 1. The summed E-state index contributed by atoms with van der Waals surface area (Å²) in [6, 6.07) is 0. The summed E-state index contributed by atoms with van der Waals surface area (Å²) in [5.41, 5.74) is 0. The molecular weight excluding hydrogens is 179 g/mol. The van der Waals surface area contributed by atoms with Gasteiger partial charge in [-0.05, 0) is 13.8 Å². The number of carbonyl (C=O) groups is 1. The van der Waals surface area contributed by atoms with Gasteiger partial charge in [-0.2, -0.15) is 0 Å². The van der Waals surface area contributed by atoms with Crippen molar-refractivity contribution >= 4 is 17.6 Å². The second kappa shape index (κ2) is 7.37. The molecule has 0 aromatic rings. The summed E-state index contributed by atoms with van der Waals surface area (Å²) in [6.45, 7) is 3.41. The quantitative estimate of drug-likeness (QED) is 0.308. The maximum atomic E-state index is 10.6. The van der Waals surface area contributed by atoms with E-state index in [-0.39, 0.29) is 43.0 Å². The van der Waals surface area contributed by atoms with Gasteiger partial charge < -0.3 is 11.3 Å². The van der Waals surface area contributed by atoms with Gasteiger partial charge in [0.05, 0.1) is 12.0 Å². The van der Waals surface area contributed by atoms with Gasteiger partial charge in [-0.1, -0.05) is 0 Å². The molecule has 11 heavy (non-hydrogen) atoms. The van der Waals surface area contributed by atoms with Crippen molar-refractivity contribution in [1.29, 1.82) is 0 Å². The van der Waals surface area contributed by atoms with E-state index in [0.29, 0.717) is 0 Å². The van der Waals surface area contributed by atoms with Gasteiger partial charge in [-0.3, -0.25) is 0 Å². The van der Waals surface area contributed by atoms with E-state index in [9.17, 15) is 4.79 Å². The molecule has 0 heterocycles. The van der Waals surface area contributed by atoms with Gasteiger partial charge in [0.2, 0.25) is 0 Å². The molecule has 0 spiro atoms. The molecule has 0 aromatic heterocycles. The second-order valence-electron chi connectivity index (χ2n) is 2.16. The third kappa shape index (κ3) is 7.09. The zero-order chi connectivity index (χ0) is 8.15. The number of aliphatic hydroxyl groups excluding tert-OH is 1. The number of hydrogen-bond acceptors (Lipinski definition) is 3. The molecular formula is C6H12ClNaO3. The first-order valence-corrected chi connectivity index (χ1v) is 3.56. The summed E-state index contributed by atoms with van der Waals surface area (Å²) < 4.78 is 4.63. The average Bonchev–Trinajstić information content (AvgIpc) is 1.85. The SMILES string of the molecule is CC(C)OC(=O)C(O)CCl.[H-].[Na+]. The van der Waals surface area contributed by atoms with Crippen LogP contribution in [0, 0.1) is 0 Å². The molecule has 1 N–H and O–H groups in total. The maximum Gasteiger partial charge on any atom is 1.00 e. The minimum absolute atomic E-state index is 0. The molecule has 0 fully saturated rings. The van der Waals surface area contributed by atoms with Crippen LogP contribution in [0.2, 0.25) is 0 Å². The first-order chi connectivity index (χ1) is 4.57. The Labute approximate surface area is 94.8 Å². The van der Waals surface area contributed by atoms with Crippen LogP contribution >= 0.6 is 11.6 Å². The van der Waals surface area contributed by atoms with Gasteiger partial charge in [-0.25, -0.2) is 4.79 Å². The number of halogens is 1. The number of ether oxygens (including phenoxy) is 1. The van der Waals surface area contributed by atoms with Crippen LogP contribution in [0.25, 0.3) is 0 Å². The predicted octanol–water partition coefficient (Wildman–Crippen LogP) is -2.35. The third-order valence-corrected chi connectivity index (χ3v) is 1.06. The van der Waals surface area contributed by atoms with Gasteiger partial charge in [0, 0.05) is 0 Å². The largest absolute Gasteiger partial charge is 1.00 e. The van der Waals surface area contributed by atoms with Gasteiger partial charge >= 0.3 is 35.5 Å². The molecule has 0 aliphatic heterocycles. The molecule has 3 nitrogen and oxygen atoms in total. The Kier molecular flexibility index (Phi) is 9.56. The molecule has 0 bridgehead atoms. The van der Waals surface area contributed by atoms with Crippen molar-refractivity contribution < 1.29 is 45.6 Å². The summed E-state index contributed by atoms with van der Waals surface area (Å²) in [6.07, 6.45) is -1.39. The van der Waals surface area contributed by atoms with Gasteiger partial charge in [-0.15, -0.1) is 11.6 Å². The minimum Gasteiger partial charge on any atom is -1.00 e. The fourth-order valence-corrected chi connectivity index (χ4v) is 0.500. The van der Waals surface area contributed by atoms with Crippen molar-refractivity contribution in [2.24, 2.45) is 0 Å². The van der Waals surface area contributed by atoms with Crippen molar-refractivity contribution in [3.05, 3.63) is 0 Å². The molecule has 0 aliphatic rings. The number of carbonyl (C=O) groups excluding carboxylic acids is 1. The van der Waals surface area contributed by atoms with Crippen LogP contribution in [0.15, 0.2) is 0 Å². The molecule has 0 radical (unpaired) electrons. The molecule has 0 aliphatic carbocycles. The van der Waals surface area contributed by atoms with E-state index in [2.05, 4.69) is 4.74 Å². The van der Waals surface area contributed by atoms with Crippen LogP contribution in [0.3, 0.4) is 0 Å².